The summed E-state index contributed by atoms with van der Waals surface area (Å²) in [6, 6.07) is 8.18. The number of Topliss-reactive ketones (excluding diaryl/α,β-unsaturated/α-hetero) is 2. The Morgan fingerprint density at radius 3 is 2.23 bits per heavy atom. The van der Waals surface area contributed by atoms with Crippen molar-refractivity contribution < 1.29 is 39.9 Å². The maximum absolute atomic E-state index is 15.1. The van der Waals surface area contributed by atoms with Gasteiger partial charge in [0.25, 0.3) is 0 Å². The third kappa shape index (κ3) is 4.44. The molecule has 0 radical (unpaired) electrons. The topological polar surface area (TPSA) is 104 Å². The molecule has 4 bridgehead atoms. The second-order valence-corrected chi connectivity index (χ2v) is 15.4. The molecule has 1 heterocycles. The molecule has 0 N–H and O–H groups in total. The SMILES string of the molecule is O=C(CS1(OS(=O)(=O)C(F)(F)C(=O)OC23CC4CC(C2)C(=O)C(C4)C3)CCCC1)c1ccccc1. The number of rotatable bonds is 8. The summed E-state index contributed by atoms with van der Waals surface area (Å²) < 4.78 is 66.2. The smallest absolute Gasteiger partial charge is 0.454 e. The van der Waals surface area contributed by atoms with Crippen LogP contribution in [0.25, 0.3) is 0 Å². The molecule has 1 saturated heterocycles. The van der Waals surface area contributed by atoms with Crippen molar-refractivity contribution >= 4 is 38.0 Å². The molecule has 4 aliphatic carbocycles. The predicted molar refractivity (Wildman–Crippen MR) is 125 cm³/mol. The molecule has 2 atom stereocenters. The first kappa shape index (κ1) is 24.8. The highest BCUT2D eigenvalue weighted by Crippen LogP contribution is 2.59. The molecular weight excluding hydrogens is 502 g/mol. The molecule has 5 fully saturated rings. The van der Waals surface area contributed by atoms with Crippen LogP contribution in [0.5, 0.6) is 0 Å². The van der Waals surface area contributed by atoms with Crippen molar-refractivity contribution in [3.63, 3.8) is 0 Å². The summed E-state index contributed by atoms with van der Waals surface area (Å²) >= 11 is 0. The molecule has 6 rings (SSSR count). The van der Waals surface area contributed by atoms with Crippen molar-refractivity contribution in [2.24, 2.45) is 17.8 Å². The van der Waals surface area contributed by atoms with Crippen molar-refractivity contribution in [2.45, 2.75) is 55.8 Å². The molecule has 192 valence electrons. The number of ether oxygens (including phenoxy) is 1. The second kappa shape index (κ2) is 8.62. The van der Waals surface area contributed by atoms with Gasteiger partial charge in [-0.15, -0.1) is 10.3 Å². The van der Waals surface area contributed by atoms with Crippen LogP contribution in [0, 0.1) is 17.8 Å². The van der Waals surface area contributed by atoms with Crippen molar-refractivity contribution in [2.75, 3.05) is 17.3 Å². The summed E-state index contributed by atoms with van der Waals surface area (Å²) in [5, 5.41) is -4.92. The van der Waals surface area contributed by atoms with Gasteiger partial charge in [0.15, 0.2) is 5.78 Å². The maximum atomic E-state index is 15.1. The molecule has 35 heavy (non-hydrogen) atoms. The van der Waals surface area contributed by atoms with Gasteiger partial charge in [0, 0.05) is 28.9 Å². The second-order valence-electron chi connectivity index (χ2n) is 10.4. The van der Waals surface area contributed by atoms with E-state index < -0.39 is 37.3 Å². The number of carbonyl (C=O) groups is 3. The molecule has 5 aliphatic rings. The van der Waals surface area contributed by atoms with Gasteiger partial charge in [0.2, 0.25) is 0 Å². The van der Waals surface area contributed by atoms with Crippen LogP contribution < -0.4 is 0 Å². The highest BCUT2D eigenvalue weighted by Gasteiger charge is 2.63. The lowest BCUT2D eigenvalue weighted by Crippen LogP contribution is -2.58. The number of alkyl halides is 2. The van der Waals surface area contributed by atoms with E-state index in [2.05, 4.69) is 0 Å². The number of halogens is 2. The first-order valence-electron chi connectivity index (χ1n) is 11.9. The Kier molecular flexibility index (Phi) is 6.12. The minimum absolute atomic E-state index is 0.0881. The molecule has 0 spiro atoms. The van der Waals surface area contributed by atoms with Crippen LogP contribution in [0.2, 0.25) is 0 Å². The zero-order valence-corrected chi connectivity index (χ0v) is 20.8. The van der Waals surface area contributed by atoms with Crippen LogP contribution >= 0.6 is 10.3 Å². The number of ketones is 2. The van der Waals surface area contributed by atoms with Gasteiger partial charge in [-0.25, -0.2) is 8.42 Å². The fourth-order valence-electron chi connectivity index (χ4n) is 6.41. The lowest BCUT2D eigenvalue weighted by Gasteiger charge is -2.54. The van der Waals surface area contributed by atoms with Gasteiger partial charge in [-0.3, -0.25) is 9.59 Å². The predicted octanol–water partition coefficient (Wildman–Crippen LogP) is 4.01. The molecule has 11 heteroatoms. The lowest BCUT2D eigenvalue weighted by atomic mass is 9.53. The summed E-state index contributed by atoms with van der Waals surface area (Å²) in [5.41, 5.74) is -0.892. The summed E-state index contributed by atoms with van der Waals surface area (Å²) in [5.74, 6) is -2.94. The van der Waals surface area contributed by atoms with E-state index in [-0.39, 0.29) is 59.4 Å². The van der Waals surface area contributed by atoms with E-state index >= 15 is 8.78 Å². The zero-order chi connectivity index (χ0) is 25.1. The van der Waals surface area contributed by atoms with E-state index in [1.54, 1.807) is 30.3 Å². The van der Waals surface area contributed by atoms with Crippen LogP contribution in [0.4, 0.5) is 8.78 Å². The molecule has 0 amide bonds. The summed E-state index contributed by atoms with van der Waals surface area (Å²) in [4.78, 5) is 37.7. The molecule has 7 nitrogen and oxygen atoms in total. The fourth-order valence-corrected chi connectivity index (χ4v) is 11.8. The standard InChI is InChI=1S/C24H28F2O7S2/c25-24(26,22(29)32-23-12-16-10-18(13-23)21(28)19(11-16)14-23)35(30,31)33-34(8-4-5-9-34)15-20(27)17-6-2-1-3-7-17/h1-3,6-7,16,18-19H,4-5,8-15H2. The molecule has 1 aromatic rings. The average Bonchev–Trinajstić information content (AvgIpc) is 3.24. The van der Waals surface area contributed by atoms with Gasteiger partial charge in [-0.1, -0.05) is 30.3 Å². The molecule has 1 aromatic carbocycles. The van der Waals surface area contributed by atoms with E-state index in [0.29, 0.717) is 37.7 Å². The third-order valence-electron chi connectivity index (χ3n) is 7.81. The van der Waals surface area contributed by atoms with E-state index in [1.807, 2.05) is 0 Å². The highest BCUT2D eigenvalue weighted by molar-refractivity contribution is 8.33. The Balaban J connectivity index is 1.32. The molecule has 2 unspecified atom stereocenters. The van der Waals surface area contributed by atoms with Crippen LogP contribution in [0.1, 0.15) is 55.3 Å². The van der Waals surface area contributed by atoms with E-state index in [1.165, 1.54) is 0 Å². The summed E-state index contributed by atoms with van der Waals surface area (Å²) in [6.07, 6.45) is 3.08. The molecule has 1 aliphatic heterocycles. The van der Waals surface area contributed by atoms with Gasteiger partial charge in [-0.05, 0) is 50.9 Å². The van der Waals surface area contributed by atoms with Gasteiger partial charge >= 0.3 is 21.3 Å². The number of hydrogen-bond acceptors (Lipinski definition) is 7. The Hall–Kier alpha value is -1.85. The minimum atomic E-state index is -5.71. The maximum Gasteiger partial charge on any atom is 0.466 e. The molecular formula is C24H28F2O7S2. The summed E-state index contributed by atoms with van der Waals surface area (Å²) in [7, 11) is -8.43. The van der Waals surface area contributed by atoms with Crippen LogP contribution in [-0.4, -0.2) is 54.1 Å². The molecule has 0 aromatic heterocycles. The van der Waals surface area contributed by atoms with E-state index in [9.17, 15) is 22.8 Å². The summed E-state index contributed by atoms with van der Waals surface area (Å²) in [6.45, 7) is 0. The Morgan fingerprint density at radius 1 is 1.03 bits per heavy atom. The quantitative estimate of drug-likeness (QED) is 0.369. The Morgan fingerprint density at radius 2 is 1.63 bits per heavy atom. The monoisotopic (exact) mass is 530 g/mol. The van der Waals surface area contributed by atoms with Crippen LogP contribution in [0.3, 0.4) is 0 Å². The van der Waals surface area contributed by atoms with E-state index in [4.69, 9.17) is 8.37 Å². The van der Waals surface area contributed by atoms with Crippen LogP contribution in [0.15, 0.2) is 30.3 Å². The normalized spacial score (nSPS) is 32.4. The highest BCUT2D eigenvalue weighted by atomic mass is 32.3. The van der Waals surface area contributed by atoms with Gasteiger partial charge < -0.3 is 4.74 Å². The zero-order valence-electron chi connectivity index (χ0n) is 19.1. The van der Waals surface area contributed by atoms with Crippen molar-refractivity contribution in [1.29, 1.82) is 0 Å². The Labute approximate surface area is 204 Å². The third-order valence-corrected chi connectivity index (χ3v) is 13.3. The van der Waals surface area contributed by atoms with Crippen molar-refractivity contribution in [3.8, 4) is 0 Å². The number of benzene rings is 1. The fraction of sp³-hybridized carbons (Fsp3) is 0.625. The first-order valence-corrected chi connectivity index (χ1v) is 15.4. The van der Waals surface area contributed by atoms with Gasteiger partial charge in [-0.2, -0.15) is 17.2 Å². The average molecular weight is 531 g/mol. The number of hydrogen-bond donors (Lipinski definition) is 0. The number of esters is 1. The lowest BCUT2D eigenvalue weighted by molar-refractivity contribution is -0.201. The van der Waals surface area contributed by atoms with Crippen molar-refractivity contribution in [1.82, 2.24) is 0 Å². The number of carbonyl (C=O) groups excluding carboxylic acids is 3. The largest absolute Gasteiger partial charge is 0.466 e. The Bertz CT molecular complexity index is 1130. The van der Waals surface area contributed by atoms with Gasteiger partial charge in [0.05, 0.1) is 5.75 Å². The van der Waals surface area contributed by atoms with Crippen LogP contribution in [-0.2, 0) is 28.1 Å². The molecule has 4 saturated carbocycles. The first-order chi connectivity index (χ1) is 16.4. The minimum Gasteiger partial charge on any atom is -0.454 e. The van der Waals surface area contributed by atoms with Gasteiger partial charge in [0.1, 0.15) is 11.4 Å². The van der Waals surface area contributed by atoms with E-state index in [0.717, 1.165) is 0 Å². The van der Waals surface area contributed by atoms with Crippen molar-refractivity contribution in [3.05, 3.63) is 35.9 Å².